The number of carbonyl (C=O) groups is 1. The van der Waals surface area contributed by atoms with E-state index in [2.05, 4.69) is 40.6 Å². The summed E-state index contributed by atoms with van der Waals surface area (Å²) in [6.45, 7) is 4.60. The van der Waals surface area contributed by atoms with Gasteiger partial charge in [0.25, 0.3) is 0 Å². The van der Waals surface area contributed by atoms with Crippen LogP contribution in [0.2, 0.25) is 0 Å². The lowest BCUT2D eigenvalue weighted by molar-refractivity contribution is -0.00126. The number of carbonyl (C=O) groups excluding carboxylic acids is 1. The van der Waals surface area contributed by atoms with Gasteiger partial charge in [0.15, 0.2) is 0 Å². The third-order valence-electron chi connectivity index (χ3n) is 5.53. The predicted octanol–water partition coefficient (Wildman–Crippen LogP) is 3.44. The second kappa shape index (κ2) is 5.95. The van der Waals surface area contributed by atoms with Crippen molar-refractivity contribution in [3.8, 4) is 11.5 Å². The van der Waals surface area contributed by atoms with Crippen LogP contribution in [0.5, 0.6) is 0 Å². The van der Waals surface area contributed by atoms with Gasteiger partial charge < -0.3 is 4.42 Å². The van der Waals surface area contributed by atoms with Gasteiger partial charge in [-0.15, -0.1) is 10.2 Å². The quantitative estimate of drug-likeness (QED) is 0.685. The third-order valence-corrected chi connectivity index (χ3v) is 5.53. The largest absolute Gasteiger partial charge is 0.412 e. The highest BCUT2D eigenvalue weighted by molar-refractivity contribution is 5.91. The zero-order valence-electron chi connectivity index (χ0n) is 14.3. The van der Waals surface area contributed by atoms with Gasteiger partial charge in [0.05, 0.1) is 6.21 Å². The minimum atomic E-state index is -0.506. The van der Waals surface area contributed by atoms with Gasteiger partial charge in [0, 0.05) is 5.56 Å². The molecule has 6 heteroatoms. The Labute approximate surface area is 146 Å². The summed E-state index contributed by atoms with van der Waals surface area (Å²) in [5, 5.41) is 11.8. The summed E-state index contributed by atoms with van der Waals surface area (Å²) in [5.74, 6) is 1.01. The Morgan fingerprint density at radius 2 is 2.12 bits per heavy atom. The van der Waals surface area contributed by atoms with Crippen molar-refractivity contribution in [1.29, 1.82) is 0 Å². The van der Waals surface area contributed by atoms with E-state index in [1.54, 1.807) is 6.21 Å². The summed E-state index contributed by atoms with van der Waals surface area (Å²) < 4.78 is 5.41. The zero-order valence-corrected chi connectivity index (χ0v) is 14.3. The second-order valence-electron chi connectivity index (χ2n) is 7.22. The van der Waals surface area contributed by atoms with Crippen molar-refractivity contribution in [1.82, 2.24) is 15.6 Å². The molecular formula is C19H20N4O2. The number of rotatable bonds is 4. The molecule has 1 N–H and O–H groups in total. The molecule has 1 aromatic heterocycles. The van der Waals surface area contributed by atoms with Crippen molar-refractivity contribution < 1.29 is 9.21 Å². The van der Waals surface area contributed by atoms with Gasteiger partial charge >= 0.3 is 11.8 Å². The van der Waals surface area contributed by atoms with E-state index in [-0.39, 0.29) is 5.89 Å². The predicted molar refractivity (Wildman–Crippen MR) is 93.8 cm³/mol. The standard InChI is InChI=1S/C19H20N4O2/c1-19(2)14-9-8-13(15(19)10-14)11-20-21-16(24)18-23-22-17(25-18)12-6-4-3-5-7-12/h3-8,11,14-15H,9-10H2,1-2H3,(H,21,24)/t14-,15+/m0/s1. The van der Waals surface area contributed by atoms with Gasteiger partial charge in [-0.25, -0.2) is 5.43 Å². The maximum Gasteiger partial charge on any atom is 0.328 e. The van der Waals surface area contributed by atoms with E-state index in [4.69, 9.17) is 4.42 Å². The molecule has 1 saturated carbocycles. The number of nitrogens with one attached hydrogen (secondary N) is 1. The maximum atomic E-state index is 12.1. The summed E-state index contributed by atoms with van der Waals surface area (Å²) in [7, 11) is 0. The molecule has 1 amide bonds. The van der Waals surface area contributed by atoms with Crippen LogP contribution >= 0.6 is 0 Å². The number of benzene rings is 1. The molecule has 25 heavy (non-hydrogen) atoms. The number of aromatic nitrogens is 2. The topological polar surface area (TPSA) is 80.4 Å². The molecule has 0 aliphatic heterocycles. The fourth-order valence-corrected chi connectivity index (χ4v) is 3.77. The van der Waals surface area contributed by atoms with Gasteiger partial charge in [-0.1, -0.05) is 38.1 Å². The molecule has 5 rings (SSSR count). The van der Waals surface area contributed by atoms with Crippen LogP contribution in [0.25, 0.3) is 11.5 Å². The van der Waals surface area contributed by atoms with E-state index >= 15 is 0 Å². The second-order valence-corrected chi connectivity index (χ2v) is 7.22. The Hall–Kier alpha value is -2.76. The van der Waals surface area contributed by atoms with E-state index in [1.807, 2.05) is 30.3 Å². The average Bonchev–Trinajstić information content (AvgIpc) is 3.12. The Bertz CT molecular complexity index is 851. The van der Waals surface area contributed by atoms with Crippen LogP contribution in [0, 0.1) is 17.3 Å². The zero-order chi connectivity index (χ0) is 17.4. The van der Waals surface area contributed by atoms with Crippen molar-refractivity contribution in [3.63, 3.8) is 0 Å². The number of allylic oxidation sites excluding steroid dienone is 2. The number of fused-ring (bicyclic) bond motifs is 1. The number of hydrazone groups is 1. The van der Waals surface area contributed by atoms with Crippen LogP contribution in [-0.2, 0) is 0 Å². The smallest absolute Gasteiger partial charge is 0.328 e. The van der Waals surface area contributed by atoms with Gasteiger partial charge in [0.1, 0.15) is 0 Å². The first kappa shape index (κ1) is 15.7. The average molecular weight is 336 g/mol. The monoisotopic (exact) mass is 336 g/mol. The Balaban J connectivity index is 1.40. The normalized spacial score (nSPS) is 23.8. The van der Waals surface area contributed by atoms with Gasteiger partial charge in [-0.3, -0.25) is 4.79 Å². The molecule has 0 radical (unpaired) electrons. The van der Waals surface area contributed by atoms with Crippen molar-refractivity contribution >= 4 is 12.1 Å². The molecule has 3 aliphatic rings. The van der Waals surface area contributed by atoms with Crippen LogP contribution in [0.15, 0.2) is 51.5 Å². The van der Waals surface area contributed by atoms with Crippen LogP contribution in [0.1, 0.15) is 37.4 Å². The molecule has 1 fully saturated rings. The molecule has 2 aromatic rings. The molecule has 1 aromatic carbocycles. The molecule has 6 nitrogen and oxygen atoms in total. The summed E-state index contributed by atoms with van der Waals surface area (Å²) in [5.41, 5.74) is 4.77. The molecule has 0 spiro atoms. The molecule has 2 bridgehead atoms. The van der Waals surface area contributed by atoms with Crippen LogP contribution in [0.3, 0.4) is 0 Å². The minimum absolute atomic E-state index is 0.0994. The van der Waals surface area contributed by atoms with E-state index in [1.165, 1.54) is 12.0 Å². The Morgan fingerprint density at radius 1 is 1.32 bits per heavy atom. The Morgan fingerprint density at radius 3 is 2.84 bits per heavy atom. The summed E-state index contributed by atoms with van der Waals surface area (Å²) in [4.78, 5) is 12.1. The molecule has 3 aliphatic carbocycles. The minimum Gasteiger partial charge on any atom is -0.412 e. The molecule has 0 unspecified atom stereocenters. The highest BCUT2D eigenvalue weighted by Crippen LogP contribution is 2.58. The highest BCUT2D eigenvalue weighted by Gasteiger charge is 2.50. The molecule has 1 heterocycles. The maximum absolute atomic E-state index is 12.1. The number of nitrogens with zero attached hydrogens (tertiary/aromatic N) is 3. The van der Waals surface area contributed by atoms with Crippen molar-refractivity contribution in [2.24, 2.45) is 22.4 Å². The first-order chi connectivity index (χ1) is 12.1. The lowest BCUT2D eigenvalue weighted by Crippen LogP contribution is -2.48. The molecule has 128 valence electrons. The molecular weight excluding hydrogens is 316 g/mol. The molecule has 2 atom stereocenters. The van der Waals surface area contributed by atoms with Crippen molar-refractivity contribution in [2.45, 2.75) is 26.7 Å². The number of amides is 1. The van der Waals surface area contributed by atoms with Crippen molar-refractivity contribution in [2.75, 3.05) is 0 Å². The highest BCUT2D eigenvalue weighted by atomic mass is 16.4. The fraction of sp³-hybridized carbons (Fsp3) is 0.368. The lowest BCUT2D eigenvalue weighted by Gasteiger charge is -2.55. The summed E-state index contributed by atoms with van der Waals surface area (Å²) in [6.07, 6.45) is 6.26. The first-order valence-corrected chi connectivity index (χ1v) is 8.48. The van der Waals surface area contributed by atoms with Crippen molar-refractivity contribution in [3.05, 3.63) is 47.9 Å². The Kier molecular flexibility index (Phi) is 3.75. The van der Waals surface area contributed by atoms with Crippen LogP contribution in [-0.4, -0.2) is 22.3 Å². The lowest BCUT2D eigenvalue weighted by atomic mass is 9.49. The van der Waals surface area contributed by atoms with Gasteiger partial charge in [-0.05, 0) is 47.8 Å². The van der Waals surface area contributed by atoms with Crippen LogP contribution in [0.4, 0.5) is 0 Å². The van der Waals surface area contributed by atoms with E-state index in [9.17, 15) is 4.79 Å². The van der Waals surface area contributed by atoms with E-state index in [0.717, 1.165) is 17.9 Å². The van der Waals surface area contributed by atoms with Gasteiger partial charge in [-0.2, -0.15) is 5.10 Å². The third kappa shape index (κ3) is 2.77. The fourth-order valence-electron chi connectivity index (χ4n) is 3.77. The summed E-state index contributed by atoms with van der Waals surface area (Å²) >= 11 is 0. The van der Waals surface area contributed by atoms with E-state index < -0.39 is 5.91 Å². The summed E-state index contributed by atoms with van der Waals surface area (Å²) in [6, 6.07) is 9.32. The van der Waals surface area contributed by atoms with Gasteiger partial charge in [0.2, 0.25) is 5.89 Å². The number of hydrogen-bond acceptors (Lipinski definition) is 5. The first-order valence-electron chi connectivity index (χ1n) is 8.48. The SMILES string of the molecule is CC1(C)[C@H]2CC=C(C=NNC(=O)c3nnc(-c4ccccc4)o3)[C@H]1C2. The van der Waals surface area contributed by atoms with Crippen LogP contribution < -0.4 is 5.43 Å². The molecule has 0 saturated heterocycles. The number of hydrogen-bond donors (Lipinski definition) is 1. The van der Waals surface area contributed by atoms with E-state index in [0.29, 0.717) is 17.2 Å².